The first-order valence-electron chi connectivity index (χ1n) is 8.26. The minimum atomic E-state index is -3.91. The number of sulfonamides is 1. The molecule has 1 saturated heterocycles. The number of morpholine rings is 1. The maximum Gasteiger partial charge on any atom is 0.345 e. The molecule has 3 rings (SSSR count). The van der Waals surface area contributed by atoms with Crippen LogP contribution in [0.4, 0.5) is 0 Å². The number of methoxy groups -OCH3 is 1. The highest BCUT2D eigenvalue weighted by Gasteiger charge is 2.30. The van der Waals surface area contributed by atoms with E-state index in [9.17, 15) is 13.2 Å². The van der Waals surface area contributed by atoms with Crippen LogP contribution >= 0.6 is 23.2 Å². The van der Waals surface area contributed by atoms with Gasteiger partial charge in [0.1, 0.15) is 16.4 Å². The van der Waals surface area contributed by atoms with Crippen LogP contribution in [0.1, 0.15) is 10.4 Å². The third kappa shape index (κ3) is 4.42. The van der Waals surface area contributed by atoms with E-state index in [1.54, 1.807) is 24.3 Å². The first kappa shape index (κ1) is 20.9. The lowest BCUT2D eigenvalue weighted by Gasteiger charge is -2.26. The van der Waals surface area contributed by atoms with Gasteiger partial charge in [0.25, 0.3) is 0 Å². The van der Waals surface area contributed by atoms with Gasteiger partial charge in [-0.1, -0.05) is 23.2 Å². The van der Waals surface area contributed by atoms with Gasteiger partial charge in [-0.05, 0) is 36.4 Å². The standard InChI is InChI=1S/C18H17Cl2NO6S/c1-25-12-2-4-13(5-3-12)27-18(22)14-10-17(16(20)11-15(14)19)28(23,24)21-6-8-26-9-7-21/h2-5,10-11H,6-9H2,1H3. The molecule has 1 aliphatic heterocycles. The van der Waals surface area contributed by atoms with Gasteiger partial charge < -0.3 is 14.2 Å². The van der Waals surface area contributed by atoms with Gasteiger partial charge in [0.15, 0.2) is 0 Å². The largest absolute Gasteiger partial charge is 0.497 e. The SMILES string of the molecule is COc1ccc(OC(=O)c2cc(S(=O)(=O)N3CCOCC3)c(Cl)cc2Cl)cc1. The van der Waals surface area contributed by atoms with Gasteiger partial charge in [-0.2, -0.15) is 4.31 Å². The first-order valence-corrected chi connectivity index (χ1v) is 10.5. The molecule has 0 aromatic heterocycles. The number of benzene rings is 2. The number of rotatable bonds is 5. The van der Waals surface area contributed by atoms with Crippen molar-refractivity contribution in [3.05, 3.63) is 52.0 Å². The zero-order valence-corrected chi connectivity index (χ0v) is 17.2. The monoisotopic (exact) mass is 445 g/mol. The van der Waals surface area contributed by atoms with Gasteiger partial charge in [0.2, 0.25) is 10.0 Å². The highest BCUT2D eigenvalue weighted by Crippen LogP contribution is 2.32. The van der Waals surface area contributed by atoms with Crippen molar-refractivity contribution in [1.82, 2.24) is 4.31 Å². The van der Waals surface area contributed by atoms with Gasteiger partial charge >= 0.3 is 5.97 Å². The van der Waals surface area contributed by atoms with Crippen molar-refractivity contribution >= 4 is 39.2 Å². The molecule has 0 spiro atoms. The molecule has 7 nitrogen and oxygen atoms in total. The summed E-state index contributed by atoms with van der Waals surface area (Å²) in [5, 5.41) is -0.0815. The summed E-state index contributed by atoms with van der Waals surface area (Å²) >= 11 is 12.2. The molecule has 0 atom stereocenters. The van der Waals surface area contributed by atoms with Crippen LogP contribution in [0.15, 0.2) is 41.3 Å². The Morgan fingerprint density at radius 1 is 1.04 bits per heavy atom. The highest BCUT2D eigenvalue weighted by atomic mass is 35.5. The van der Waals surface area contributed by atoms with Crippen LogP contribution in [0.2, 0.25) is 10.0 Å². The number of hydrogen-bond donors (Lipinski definition) is 0. The molecule has 2 aromatic rings. The summed E-state index contributed by atoms with van der Waals surface area (Å²) in [6.45, 7) is 0.980. The molecule has 1 aliphatic rings. The second-order valence-corrected chi connectivity index (χ2v) is 8.56. The Balaban J connectivity index is 1.90. The van der Waals surface area contributed by atoms with E-state index in [0.717, 1.165) is 6.07 Å². The Kier molecular flexibility index (Phi) is 6.47. The van der Waals surface area contributed by atoms with Crippen molar-refractivity contribution in [2.24, 2.45) is 0 Å². The number of hydrogen-bond acceptors (Lipinski definition) is 6. The van der Waals surface area contributed by atoms with Crippen molar-refractivity contribution in [3.63, 3.8) is 0 Å². The Labute approximate surface area is 172 Å². The van der Waals surface area contributed by atoms with Crippen LogP contribution in [0.25, 0.3) is 0 Å². The van der Waals surface area contributed by atoms with E-state index in [-0.39, 0.29) is 52.6 Å². The molecule has 1 heterocycles. The molecular weight excluding hydrogens is 429 g/mol. The molecule has 0 aliphatic carbocycles. The van der Waals surface area contributed by atoms with Crippen LogP contribution in [0.5, 0.6) is 11.5 Å². The van der Waals surface area contributed by atoms with E-state index in [1.165, 1.54) is 17.5 Å². The molecule has 0 N–H and O–H groups in total. The molecule has 150 valence electrons. The van der Waals surface area contributed by atoms with E-state index < -0.39 is 16.0 Å². The summed E-state index contributed by atoms with van der Waals surface area (Å²) in [5.41, 5.74) is -0.103. The fourth-order valence-corrected chi connectivity index (χ4v) is 4.85. The lowest BCUT2D eigenvalue weighted by Crippen LogP contribution is -2.40. The zero-order valence-electron chi connectivity index (χ0n) is 14.9. The van der Waals surface area contributed by atoms with Crippen molar-refractivity contribution < 1.29 is 27.4 Å². The number of nitrogens with zero attached hydrogens (tertiary/aromatic N) is 1. The molecule has 28 heavy (non-hydrogen) atoms. The molecule has 0 radical (unpaired) electrons. The van der Waals surface area contributed by atoms with Gasteiger partial charge in [0.05, 0.1) is 35.9 Å². The Morgan fingerprint density at radius 3 is 2.25 bits per heavy atom. The normalized spacial score (nSPS) is 15.2. The highest BCUT2D eigenvalue weighted by molar-refractivity contribution is 7.89. The molecule has 10 heteroatoms. The minimum Gasteiger partial charge on any atom is -0.497 e. The van der Waals surface area contributed by atoms with Crippen LogP contribution in [0.3, 0.4) is 0 Å². The van der Waals surface area contributed by atoms with Gasteiger partial charge in [0, 0.05) is 13.1 Å². The second kappa shape index (κ2) is 8.67. The van der Waals surface area contributed by atoms with Gasteiger partial charge in [-0.3, -0.25) is 0 Å². The maximum atomic E-state index is 12.9. The van der Waals surface area contributed by atoms with Crippen LogP contribution < -0.4 is 9.47 Å². The predicted octanol–water partition coefficient (Wildman–Crippen LogP) is 3.24. The maximum absolute atomic E-state index is 12.9. The van der Waals surface area contributed by atoms with Crippen LogP contribution in [-0.2, 0) is 14.8 Å². The predicted molar refractivity (Wildman–Crippen MR) is 104 cm³/mol. The first-order chi connectivity index (χ1) is 13.3. The lowest BCUT2D eigenvalue weighted by molar-refractivity contribution is 0.0727. The van der Waals surface area contributed by atoms with Crippen LogP contribution in [0, 0.1) is 0 Å². The number of ether oxygens (including phenoxy) is 3. The van der Waals surface area contributed by atoms with Crippen LogP contribution in [-0.4, -0.2) is 52.1 Å². The molecule has 0 saturated carbocycles. The summed E-state index contributed by atoms with van der Waals surface area (Å²) in [4.78, 5) is 12.3. The van der Waals surface area contributed by atoms with E-state index in [2.05, 4.69) is 0 Å². The van der Waals surface area contributed by atoms with Crippen molar-refractivity contribution in [1.29, 1.82) is 0 Å². The van der Waals surface area contributed by atoms with E-state index in [4.69, 9.17) is 37.4 Å². The summed E-state index contributed by atoms with van der Waals surface area (Å²) in [7, 11) is -2.39. The minimum absolute atomic E-state index is 0.00978. The Morgan fingerprint density at radius 2 is 1.64 bits per heavy atom. The summed E-state index contributed by atoms with van der Waals surface area (Å²) in [5.74, 6) is 0.0582. The van der Waals surface area contributed by atoms with E-state index in [1.807, 2.05) is 0 Å². The molecule has 2 aromatic carbocycles. The van der Waals surface area contributed by atoms with Gasteiger partial charge in [-0.25, -0.2) is 13.2 Å². The summed E-state index contributed by atoms with van der Waals surface area (Å²) < 4.78 is 42.6. The number of carbonyl (C=O) groups excluding carboxylic acids is 1. The zero-order chi connectivity index (χ0) is 20.3. The Hall–Kier alpha value is -1.84. The summed E-state index contributed by atoms with van der Waals surface area (Å²) in [6.07, 6.45) is 0. The number of esters is 1. The average Bonchev–Trinajstić information content (AvgIpc) is 2.69. The van der Waals surface area contributed by atoms with Gasteiger partial charge in [-0.15, -0.1) is 0 Å². The van der Waals surface area contributed by atoms with E-state index >= 15 is 0 Å². The topological polar surface area (TPSA) is 82.1 Å². The third-order valence-corrected chi connectivity index (χ3v) is 6.78. The fourth-order valence-electron chi connectivity index (χ4n) is 2.62. The molecule has 1 fully saturated rings. The fraction of sp³-hybridized carbons (Fsp3) is 0.278. The molecule has 0 amide bonds. The molecule has 0 unspecified atom stereocenters. The third-order valence-electron chi connectivity index (χ3n) is 4.10. The Bertz CT molecular complexity index is 972. The summed E-state index contributed by atoms with van der Waals surface area (Å²) in [6, 6.07) is 8.71. The smallest absolute Gasteiger partial charge is 0.345 e. The van der Waals surface area contributed by atoms with Crippen molar-refractivity contribution in [3.8, 4) is 11.5 Å². The number of carbonyl (C=O) groups is 1. The van der Waals surface area contributed by atoms with E-state index in [0.29, 0.717) is 5.75 Å². The second-order valence-electron chi connectivity index (χ2n) is 5.84. The lowest BCUT2D eigenvalue weighted by atomic mass is 10.2. The average molecular weight is 446 g/mol. The number of halogens is 2. The van der Waals surface area contributed by atoms with Crippen molar-refractivity contribution in [2.45, 2.75) is 4.90 Å². The quantitative estimate of drug-likeness (QED) is 0.518. The van der Waals surface area contributed by atoms with Crippen molar-refractivity contribution in [2.75, 3.05) is 33.4 Å². The molecule has 0 bridgehead atoms. The molecular formula is C18H17Cl2NO6S.